The third kappa shape index (κ3) is 7.14. The third-order valence-corrected chi connectivity index (χ3v) is 9.01. The predicted molar refractivity (Wildman–Crippen MR) is 173 cm³/mol. The van der Waals surface area contributed by atoms with Crippen molar-refractivity contribution in [1.29, 1.82) is 0 Å². The van der Waals surface area contributed by atoms with Crippen molar-refractivity contribution in [2.24, 2.45) is 5.73 Å². The van der Waals surface area contributed by atoms with Crippen LogP contribution in [0.2, 0.25) is 5.02 Å². The Morgan fingerprint density at radius 3 is 1.86 bits per heavy atom. The average Bonchev–Trinajstić information content (AvgIpc) is 3.04. The highest BCUT2D eigenvalue weighted by atomic mass is 35.5. The van der Waals surface area contributed by atoms with Crippen molar-refractivity contribution in [3.05, 3.63) is 142 Å². The number of nitrogens with two attached hydrogens (primary N) is 1. The van der Waals surface area contributed by atoms with Crippen LogP contribution in [0.1, 0.15) is 91.5 Å². The van der Waals surface area contributed by atoms with Gasteiger partial charge in [0.25, 0.3) is 0 Å². The first-order valence-corrected chi connectivity index (χ1v) is 15.9. The van der Waals surface area contributed by atoms with Gasteiger partial charge < -0.3 is 10.5 Å². The molecule has 2 N–H and O–H groups in total. The van der Waals surface area contributed by atoms with Gasteiger partial charge in [0.1, 0.15) is 6.04 Å². The standard InChI is InChI=1S/C38H42ClNO2/c39-35-23-15-14-22-34(35)38(32-20-12-7-13-21-32,42-37(41)36(40)28-29-16-8-6-9-17-29)33-26-24-31(25-27-33)30-18-10-4-2-1-3-5-11-19-30/h6-9,12-17,20-27,30,36H,1-5,10-11,18-19,28,40H2. The van der Waals surface area contributed by atoms with Crippen molar-refractivity contribution in [3.63, 3.8) is 0 Å². The van der Waals surface area contributed by atoms with Crippen LogP contribution in [-0.2, 0) is 21.6 Å². The Bertz CT molecular complexity index is 1400. The molecule has 0 aliphatic heterocycles. The molecule has 4 aromatic rings. The maximum absolute atomic E-state index is 13.8. The Kier molecular flexibility index (Phi) is 10.5. The molecule has 1 saturated carbocycles. The van der Waals surface area contributed by atoms with Gasteiger partial charge in [-0.25, -0.2) is 0 Å². The minimum Gasteiger partial charge on any atom is -0.443 e. The summed E-state index contributed by atoms with van der Waals surface area (Å²) < 4.78 is 6.62. The van der Waals surface area contributed by atoms with E-state index >= 15 is 0 Å². The number of hydrogen-bond acceptors (Lipinski definition) is 3. The summed E-state index contributed by atoms with van der Waals surface area (Å²) in [6, 6.07) is 35.2. The Balaban J connectivity index is 1.55. The quantitative estimate of drug-likeness (QED) is 0.167. The van der Waals surface area contributed by atoms with Gasteiger partial charge in [-0.15, -0.1) is 0 Å². The second-order valence-electron chi connectivity index (χ2n) is 11.6. The van der Waals surface area contributed by atoms with E-state index < -0.39 is 17.6 Å². The Morgan fingerprint density at radius 1 is 0.714 bits per heavy atom. The van der Waals surface area contributed by atoms with Gasteiger partial charge in [-0.05, 0) is 42.4 Å². The van der Waals surface area contributed by atoms with E-state index in [9.17, 15) is 4.79 Å². The molecule has 0 aromatic heterocycles. The first-order valence-electron chi connectivity index (χ1n) is 15.5. The fraction of sp³-hybridized carbons (Fsp3) is 0.342. The van der Waals surface area contributed by atoms with Crippen molar-refractivity contribution >= 4 is 17.6 Å². The van der Waals surface area contributed by atoms with E-state index in [1.54, 1.807) is 0 Å². The number of halogens is 1. The van der Waals surface area contributed by atoms with Crippen LogP contribution in [-0.4, -0.2) is 12.0 Å². The maximum atomic E-state index is 13.8. The molecule has 0 spiro atoms. The van der Waals surface area contributed by atoms with Crippen LogP contribution in [0.3, 0.4) is 0 Å². The molecular formula is C38H42ClNO2. The van der Waals surface area contributed by atoms with Gasteiger partial charge in [0.05, 0.1) is 0 Å². The summed E-state index contributed by atoms with van der Waals surface area (Å²) in [5, 5.41) is 0.530. The smallest absolute Gasteiger partial charge is 0.324 e. The summed E-state index contributed by atoms with van der Waals surface area (Å²) >= 11 is 6.89. The molecule has 0 radical (unpaired) electrons. The van der Waals surface area contributed by atoms with Crippen LogP contribution in [0.5, 0.6) is 0 Å². The molecule has 5 rings (SSSR count). The largest absolute Gasteiger partial charge is 0.443 e. The number of carbonyl (C=O) groups is 1. The number of carbonyl (C=O) groups excluding carboxylic acids is 1. The number of benzene rings is 4. The zero-order valence-corrected chi connectivity index (χ0v) is 25.1. The summed E-state index contributed by atoms with van der Waals surface area (Å²) in [5.41, 5.74) is 9.96. The summed E-state index contributed by atoms with van der Waals surface area (Å²) in [4.78, 5) is 13.8. The highest BCUT2D eigenvalue weighted by molar-refractivity contribution is 6.31. The van der Waals surface area contributed by atoms with E-state index in [2.05, 4.69) is 24.3 Å². The second-order valence-corrected chi connectivity index (χ2v) is 12.0. The average molecular weight is 580 g/mol. The fourth-order valence-corrected chi connectivity index (χ4v) is 6.65. The minimum absolute atomic E-state index is 0.383. The highest BCUT2D eigenvalue weighted by Crippen LogP contribution is 2.44. The summed E-state index contributed by atoms with van der Waals surface area (Å²) in [6.07, 6.45) is 12.1. The van der Waals surface area contributed by atoms with Crippen molar-refractivity contribution in [3.8, 4) is 0 Å². The van der Waals surface area contributed by atoms with Crippen LogP contribution >= 0.6 is 11.6 Å². The molecular weight excluding hydrogens is 538 g/mol. The van der Waals surface area contributed by atoms with Crippen LogP contribution in [0.15, 0.2) is 109 Å². The van der Waals surface area contributed by atoms with Crippen molar-refractivity contribution in [2.75, 3.05) is 0 Å². The SMILES string of the molecule is NC(Cc1ccccc1)C(=O)OC(c1ccccc1)(c1ccc(C2CCCCCCCCC2)cc1)c1ccccc1Cl. The number of esters is 1. The van der Waals surface area contributed by atoms with Gasteiger partial charge in [-0.3, -0.25) is 4.79 Å². The minimum atomic E-state index is -1.26. The van der Waals surface area contributed by atoms with Gasteiger partial charge >= 0.3 is 5.97 Å². The zero-order valence-electron chi connectivity index (χ0n) is 24.4. The molecule has 0 heterocycles. The molecule has 4 aromatic carbocycles. The monoisotopic (exact) mass is 579 g/mol. The first kappa shape index (κ1) is 30.1. The molecule has 0 saturated heterocycles. The van der Waals surface area contributed by atoms with Gasteiger partial charge in [0.15, 0.2) is 5.60 Å². The molecule has 42 heavy (non-hydrogen) atoms. The summed E-state index contributed by atoms with van der Waals surface area (Å²) in [6.45, 7) is 0. The molecule has 4 heteroatoms. The molecule has 0 bridgehead atoms. The molecule has 2 unspecified atom stereocenters. The lowest BCUT2D eigenvalue weighted by molar-refractivity contribution is -0.155. The Morgan fingerprint density at radius 2 is 1.24 bits per heavy atom. The Hall–Kier alpha value is -3.40. The van der Waals surface area contributed by atoms with E-state index in [1.165, 1.54) is 63.4 Å². The molecule has 0 amide bonds. The lowest BCUT2D eigenvalue weighted by Gasteiger charge is -2.37. The maximum Gasteiger partial charge on any atom is 0.324 e. The lowest BCUT2D eigenvalue weighted by Crippen LogP contribution is -2.43. The van der Waals surface area contributed by atoms with E-state index in [0.717, 1.165) is 16.7 Å². The van der Waals surface area contributed by atoms with Gasteiger partial charge in [-0.1, -0.05) is 160 Å². The predicted octanol–water partition coefficient (Wildman–Crippen LogP) is 9.35. The third-order valence-electron chi connectivity index (χ3n) is 8.68. The normalized spacial score (nSPS) is 17.1. The van der Waals surface area contributed by atoms with E-state index in [0.29, 0.717) is 22.9 Å². The van der Waals surface area contributed by atoms with E-state index in [4.69, 9.17) is 22.1 Å². The van der Waals surface area contributed by atoms with Gasteiger partial charge in [0, 0.05) is 21.7 Å². The topological polar surface area (TPSA) is 52.3 Å². The van der Waals surface area contributed by atoms with Gasteiger partial charge in [-0.2, -0.15) is 0 Å². The summed E-state index contributed by atoms with van der Waals surface area (Å²) in [7, 11) is 0. The number of rotatable bonds is 8. The lowest BCUT2D eigenvalue weighted by atomic mass is 9.78. The van der Waals surface area contributed by atoms with Crippen LogP contribution < -0.4 is 5.73 Å². The van der Waals surface area contributed by atoms with Crippen LogP contribution in [0.25, 0.3) is 0 Å². The molecule has 2 atom stereocenters. The second kappa shape index (κ2) is 14.7. The van der Waals surface area contributed by atoms with Gasteiger partial charge in [0.2, 0.25) is 0 Å². The Labute approximate surface area is 256 Å². The van der Waals surface area contributed by atoms with Crippen LogP contribution in [0.4, 0.5) is 0 Å². The zero-order chi connectivity index (χ0) is 29.2. The van der Waals surface area contributed by atoms with Crippen LogP contribution in [0, 0.1) is 0 Å². The molecule has 1 aliphatic rings. The van der Waals surface area contributed by atoms with E-state index in [-0.39, 0.29) is 0 Å². The highest BCUT2D eigenvalue weighted by Gasteiger charge is 2.43. The molecule has 1 fully saturated rings. The molecule has 3 nitrogen and oxygen atoms in total. The fourth-order valence-electron chi connectivity index (χ4n) is 6.38. The first-order chi connectivity index (χ1) is 20.6. The molecule has 218 valence electrons. The van der Waals surface area contributed by atoms with Crippen molar-refractivity contribution in [2.45, 2.75) is 81.8 Å². The van der Waals surface area contributed by atoms with E-state index in [1.807, 2.05) is 84.9 Å². The number of hydrogen-bond donors (Lipinski definition) is 1. The summed E-state index contributed by atoms with van der Waals surface area (Å²) in [5.74, 6) is 0.0736. The number of ether oxygens (including phenoxy) is 1. The molecule has 1 aliphatic carbocycles. The van der Waals surface area contributed by atoms with Crippen molar-refractivity contribution < 1.29 is 9.53 Å². The van der Waals surface area contributed by atoms with Crippen molar-refractivity contribution in [1.82, 2.24) is 0 Å².